The molecule has 0 bridgehead atoms. The van der Waals surface area contributed by atoms with Crippen LogP contribution in [0.15, 0.2) is 65.1 Å². The van der Waals surface area contributed by atoms with Crippen LogP contribution in [0.5, 0.6) is 11.5 Å². The van der Waals surface area contributed by atoms with Crippen LogP contribution in [0.25, 0.3) is 0 Å². The third kappa shape index (κ3) is 6.25. The van der Waals surface area contributed by atoms with Gasteiger partial charge in [-0.1, -0.05) is 45.8 Å². The summed E-state index contributed by atoms with van der Waals surface area (Å²) in [6.45, 7) is 5.26. The van der Waals surface area contributed by atoms with Gasteiger partial charge in [-0.3, -0.25) is 0 Å². The molecule has 0 spiro atoms. The van der Waals surface area contributed by atoms with Gasteiger partial charge >= 0.3 is 5.97 Å². The molecular weight excluding hydrogens is 458 g/mol. The average molecular weight is 484 g/mol. The number of methoxy groups -OCH3 is 1. The number of hydrogen-bond donors (Lipinski definition) is 1. The molecule has 1 N–H and O–H groups in total. The zero-order valence-electron chi connectivity index (χ0n) is 17.9. The minimum absolute atomic E-state index is 0.317. The lowest BCUT2D eigenvalue weighted by Gasteiger charge is -2.15. The van der Waals surface area contributed by atoms with Gasteiger partial charge in [-0.05, 0) is 61.4 Å². The van der Waals surface area contributed by atoms with E-state index in [0.29, 0.717) is 36.8 Å². The molecule has 3 aromatic carbocycles. The second kappa shape index (κ2) is 10.9. The van der Waals surface area contributed by atoms with Crippen LogP contribution in [0, 0.1) is 6.92 Å². The lowest BCUT2D eigenvalue weighted by molar-refractivity contribution is 0.0526. The Balaban J connectivity index is 1.65. The molecule has 31 heavy (non-hydrogen) atoms. The predicted molar refractivity (Wildman–Crippen MR) is 126 cm³/mol. The van der Waals surface area contributed by atoms with Crippen molar-refractivity contribution >= 4 is 27.6 Å². The third-order valence-electron chi connectivity index (χ3n) is 4.73. The fourth-order valence-electron chi connectivity index (χ4n) is 2.97. The number of carbonyl (C=O) groups excluding carboxylic acids is 1. The van der Waals surface area contributed by atoms with Gasteiger partial charge in [0.25, 0.3) is 0 Å². The zero-order chi connectivity index (χ0) is 22.2. The molecule has 0 aromatic heterocycles. The molecule has 0 aliphatic heterocycles. The number of halogens is 1. The van der Waals surface area contributed by atoms with E-state index in [-0.39, 0.29) is 5.97 Å². The van der Waals surface area contributed by atoms with Gasteiger partial charge in [-0.25, -0.2) is 4.79 Å². The van der Waals surface area contributed by atoms with E-state index in [1.807, 2.05) is 24.3 Å². The van der Waals surface area contributed by atoms with Gasteiger partial charge in [0.05, 0.1) is 19.3 Å². The van der Waals surface area contributed by atoms with E-state index in [1.54, 1.807) is 26.2 Å². The Morgan fingerprint density at radius 2 is 1.71 bits per heavy atom. The largest absolute Gasteiger partial charge is 0.493 e. The summed E-state index contributed by atoms with van der Waals surface area (Å²) >= 11 is 3.63. The zero-order valence-corrected chi connectivity index (χ0v) is 19.5. The van der Waals surface area contributed by atoms with E-state index in [4.69, 9.17) is 14.2 Å². The molecule has 0 atom stereocenters. The highest BCUT2D eigenvalue weighted by Gasteiger charge is 2.11. The third-order valence-corrected chi connectivity index (χ3v) is 5.46. The number of benzene rings is 3. The van der Waals surface area contributed by atoms with Crippen molar-refractivity contribution in [2.75, 3.05) is 19.0 Å². The lowest BCUT2D eigenvalue weighted by atomic mass is 10.1. The van der Waals surface area contributed by atoms with Gasteiger partial charge in [0.1, 0.15) is 6.61 Å². The second-order valence-corrected chi connectivity index (χ2v) is 7.87. The van der Waals surface area contributed by atoms with Crippen molar-refractivity contribution in [2.45, 2.75) is 27.0 Å². The van der Waals surface area contributed by atoms with E-state index < -0.39 is 0 Å². The Hall–Kier alpha value is -2.99. The van der Waals surface area contributed by atoms with Gasteiger partial charge in [0.15, 0.2) is 11.5 Å². The van der Waals surface area contributed by atoms with E-state index >= 15 is 0 Å². The molecule has 162 valence electrons. The van der Waals surface area contributed by atoms with Crippen molar-refractivity contribution in [2.24, 2.45) is 0 Å². The van der Waals surface area contributed by atoms with Gasteiger partial charge in [-0.2, -0.15) is 0 Å². The first-order chi connectivity index (χ1) is 15.0. The molecule has 3 rings (SSSR count). The van der Waals surface area contributed by atoms with E-state index in [1.165, 1.54) is 5.56 Å². The van der Waals surface area contributed by atoms with Crippen molar-refractivity contribution in [1.29, 1.82) is 0 Å². The van der Waals surface area contributed by atoms with Crippen molar-refractivity contribution in [3.05, 3.63) is 87.4 Å². The Morgan fingerprint density at radius 1 is 1.00 bits per heavy atom. The quantitative estimate of drug-likeness (QED) is 0.370. The van der Waals surface area contributed by atoms with E-state index in [9.17, 15) is 4.79 Å². The number of hydrogen-bond acceptors (Lipinski definition) is 5. The van der Waals surface area contributed by atoms with Crippen molar-refractivity contribution < 1.29 is 19.0 Å². The second-order valence-electron chi connectivity index (χ2n) is 7.02. The smallest absolute Gasteiger partial charge is 0.338 e. The van der Waals surface area contributed by atoms with Crippen molar-refractivity contribution in [1.82, 2.24) is 0 Å². The molecule has 0 aliphatic carbocycles. The van der Waals surface area contributed by atoms with Gasteiger partial charge < -0.3 is 19.5 Å². The summed E-state index contributed by atoms with van der Waals surface area (Å²) in [7, 11) is 1.63. The number of rotatable bonds is 9. The molecule has 0 fully saturated rings. The first-order valence-corrected chi connectivity index (χ1v) is 10.8. The van der Waals surface area contributed by atoms with Crippen LogP contribution in [0.2, 0.25) is 0 Å². The molecule has 0 aliphatic rings. The monoisotopic (exact) mass is 483 g/mol. The maximum Gasteiger partial charge on any atom is 0.338 e. The molecule has 3 aromatic rings. The minimum Gasteiger partial charge on any atom is -0.493 e. The minimum atomic E-state index is -0.317. The fourth-order valence-corrected chi connectivity index (χ4v) is 3.43. The first kappa shape index (κ1) is 22.7. The highest BCUT2D eigenvalue weighted by atomic mass is 79.9. The van der Waals surface area contributed by atoms with Crippen molar-refractivity contribution in [3.63, 3.8) is 0 Å². The van der Waals surface area contributed by atoms with Gasteiger partial charge in [0.2, 0.25) is 0 Å². The molecular formula is C25H26BrNO4. The van der Waals surface area contributed by atoms with Crippen LogP contribution in [-0.2, 0) is 17.9 Å². The van der Waals surface area contributed by atoms with E-state index in [0.717, 1.165) is 21.3 Å². The molecule has 0 saturated carbocycles. The Bertz CT molecular complexity index is 1020. The van der Waals surface area contributed by atoms with Crippen LogP contribution in [0.3, 0.4) is 0 Å². The summed E-state index contributed by atoms with van der Waals surface area (Å²) in [6.07, 6.45) is 0. The van der Waals surface area contributed by atoms with E-state index in [2.05, 4.69) is 52.4 Å². The summed E-state index contributed by atoms with van der Waals surface area (Å²) in [5, 5.41) is 3.36. The molecule has 5 nitrogen and oxygen atoms in total. The first-order valence-electron chi connectivity index (χ1n) is 10.1. The summed E-state index contributed by atoms with van der Waals surface area (Å²) < 4.78 is 17.5. The molecule has 0 amide bonds. The van der Waals surface area contributed by atoms with Crippen LogP contribution >= 0.6 is 15.9 Å². The molecule has 0 heterocycles. The Morgan fingerprint density at radius 3 is 2.35 bits per heavy atom. The topological polar surface area (TPSA) is 56.8 Å². The Kier molecular flexibility index (Phi) is 7.95. The number of nitrogens with one attached hydrogen (secondary N) is 1. The van der Waals surface area contributed by atoms with Crippen LogP contribution in [-0.4, -0.2) is 19.7 Å². The maximum absolute atomic E-state index is 11.8. The lowest BCUT2D eigenvalue weighted by Crippen LogP contribution is -2.05. The normalized spacial score (nSPS) is 10.5. The highest BCUT2D eigenvalue weighted by Crippen LogP contribution is 2.34. The fraction of sp³-hybridized carbons (Fsp3) is 0.240. The Labute approximate surface area is 191 Å². The van der Waals surface area contributed by atoms with Crippen molar-refractivity contribution in [3.8, 4) is 11.5 Å². The van der Waals surface area contributed by atoms with Crippen LogP contribution in [0.1, 0.15) is 34.0 Å². The van der Waals surface area contributed by atoms with Crippen LogP contribution < -0.4 is 14.8 Å². The van der Waals surface area contributed by atoms with Gasteiger partial charge in [0, 0.05) is 16.7 Å². The number of anilines is 1. The van der Waals surface area contributed by atoms with Crippen LogP contribution in [0.4, 0.5) is 5.69 Å². The standard InChI is InChI=1S/C25H26BrNO4/c1-4-30-25(28)19-9-11-21(12-10-19)27-15-20-13-23(29-3)24(14-22(20)26)31-16-18-7-5-17(2)6-8-18/h5-14,27H,4,15-16H2,1-3H3. The predicted octanol–water partition coefficient (Wildman–Crippen LogP) is 6.13. The number of carbonyl (C=O) groups is 1. The molecule has 6 heteroatoms. The summed E-state index contributed by atoms with van der Waals surface area (Å²) in [4.78, 5) is 11.8. The number of esters is 1. The summed E-state index contributed by atoms with van der Waals surface area (Å²) in [5.41, 5.74) is 4.77. The molecule has 0 radical (unpaired) electrons. The van der Waals surface area contributed by atoms with Gasteiger partial charge in [-0.15, -0.1) is 0 Å². The highest BCUT2D eigenvalue weighted by molar-refractivity contribution is 9.10. The molecule has 0 saturated heterocycles. The summed E-state index contributed by atoms with van der Waals surface area (Å²) in [6, 6.07) is 19.3. The number of ether oxygens (including phenoxy) is 3. The average Bonchev–Trinajstić information content (AvgIpc) is 2.78. The SMILES string of the molecule is CCOC(=O)c1ccc(NCc2cc(OC)c(OCc3ccc(C)cc3)cc2Br)cc1. The summed E-state index contributed by atoms with van der Waals surface area (Å²) in [5.74, 6) is 1.03. The number of aryl methyl sites for hydroxylation is 1. The maximum atomic E-state index is 11.8. The molecule has 0 unspecified atom stereocenters.